The van der Waals surface area contributed by atoms with Crippen LogP contribution in [0.3, 0.4) is 0 Å². The summed E-state index contributed by atoms with van der Waals surface area (Å²) in [7, 11) is 1.90. The lowest BCUT2D eigenvalue weighted by Crippen LogP contribution is -2.23. The van der Waals surface area contributed by atoms with Crippen LogP contribution >= 0.6 is 0 Å². The molecule has 0 fully saturated rings. The van der Waals surface area contributed by atoms with Crippen LogP contribution in [0.4, 0.5) is 8.78 Å². The molecular formula is C15H20F2N4. The second-order valence-electron chi connectivity index (χ2n) is 4.95. The zero-order valence-electron chi connectivity index (χ0n) is 12.5. The number of hydrogen-bond acceptors (Lipinski definition) is 3. The fraction of sp³-hybridized carbons (Fsp3) is 0.467. The van der Waals surface area contributed by atoms with Gasteiger partial charge in [0.25, 0.3) is 0 Å². The Bertz CT molecular complexity index is 610. The molecule has 21 heavy (non-hydrogen) atoms. The van der Waals surface area contributed by atoms with E-state index in [2.05, 4.69) is 15.5 Å². The van der Waals surface area contributed by atoms with Crippen molar-refractivity contribution in [2.24, 2.45) is 7.05 Å². The van der Waals surface area contributed by atoms with Crippen molar-refractivity contribution in [2.75, 3.05) is 0 Å². The Hall–Kier alpha value is -1.82. The van der Waals surface area contributed by atoms with Gasteiger partial charge in [-0.3, -0.25) is 0 Å². The van der Waals surface area contributed by atoms with Crippen LogP contribution in [0.15, 0.2) is 18.2 Å². The van der Waals surface area contributed by atoms with Gasteiger partial charge in [-0.05, 0) is 24.6 Å². The molecular weight excluding hydrogens is 274 g/mol. The molecule has 0 aliphatic heterocycles. The molecule has 1 aromatic heterocycles. The maximum Gasteiger partial charge on any atom is 0.146 e. The van der Waals surface area contributed by atoms with E-state index in [-0.39, 0.29) is 6.04 Å². The smallest absolute Gasteiger partial charge is 0.146 e. The summed E-state index contributed by atoms with van der Waals surface area (Å²) in [4.78, 5) is 0. The van der Waals surface area contributed by atoms with Crippen molar-refractivity contribution in [1.29, 1.82) is 0 Å². The number of benzene rings is 1. The number of aryl methyl sites for hydroxylation is 1. The number of aromatic nitrogens is 3. The molecule has 6 heteroatoms. The van der Waals surface area contributed by atoms with Crippen molar-refractivity contribution in [1.82, 2.24) is 20.1 Å². The molecule has 0 aliphatic carbocycles. The number of hydrogen-bond donors (Lipinski definition) is 1. The zero-order valence-corrected chi connectivity index (χ0v) is 12.5. The molecule has 2 rings (SSSR count). The molecule has 0 unspecified atom stereocenters. The van der Waals surface area contributed by atoms with Crippen LogP contribution in [-0.4, -0.2) is 14.8 Å². The van der Waals surface area contributed by atoms with Crippen molar-refractivity contribution in [3.8, 4) is 0 Å². The molecule has 2 aromatic rings. The average Bonchev–Trinajstić information content (AvgIpc) is 2.83. The Kier molecular flexibility index (Phi) is 5.01. The summed E-state index contributed by atoms with van der Waals surface area (Å²) in [6, 6.07) is 3.27. The molecule has 1 heterocycles. The first-order chi connectivity index (χ1) is 10.1. The number of rotatable bonds is 6. The zero-order chi connectivity index (χ0) is 15.4. The minimum Gasteiger partial charge on any atom is -0.317 e. The van der Waals surface area contributed by atoms with Crippen LogP contribution in [0.1, 0.15) is 43.5 Å². The van der Waals surface area contributed by atoms with Crippen LogP contribution in [0.2, 0.25) is 0 Å². The molecule has 0 spiro atoms. The SMILES string of the molecule is CCc1nnc(CN[C@@H](CC)c2cc(F)ccc2F)n1C. The fourth-order valence-electron chi connectivity index (χ4n) is 2.33. The first kappa shape index (κ1) is 15.6. The predicted molar refractivity (Wildman–Crippen MR) is 76.6 cm³/mol. The van der Waals surface area contributed by atoms with Crippen molar-refractivity contribution >= 4 is 0 Å². The monoisotopic (exact) mass is 294 g/mol. The maximum atomic E-state index is 13.8. The molecule has 114 valence electrons. The number of halogens is 2. The van der Waals surface area contributed by atoms with E-state index in [1.165, 1.54) is 6.07 Å². The van der Waals surface area contributed by atoms with Gasteiger partial charge in [-0.15, -0.1) is 10.2 Å². The molecule has 4 nitrogen and oxygen atoms in total. The molecule has 0 saturated carbocycles. The summed E-state index contributed by atoms with van der Waals surface area (Å²) >= 11 is 0. The Balaban J connectivity index is 2.12. The van der Waals surface area contributed by atoms with Gasteiger partial charge in [0, 0.05) is 25.1 Å². The largest absolute Gasteiger partial charge is 0.317 e. The molecule has 0 radical (unpaired) electrons. The van der Waals surface area contributed by atoms with Crippen molar-refractivity contribution in [3.05, 3.63) is 47.0 Å². The normalized spacial score (nSPS) is 12.6. The van der Waals surface area contributed by atoms with Crippen LogP contribution in [0, 0.1) is 11.6 Å². The van der Waals surface area contributed by atoms with Crippen molar-refractivity contribution in [3.63, 3.8) is 0 Å². The van der Waals surface area contributed by atoms with E-state index >= 15 is 0 Å². The lowest BCUT2D eigenvalue weighted by atomic mass is 10.0. The lowest BCUT2D eigenvalue weighted by molar-refractivity contribution is 0.470. The van der Waals surface area contributed by atoms with Gasteiger partial charge >= 0.3 is 0 Å². The van der Waals surface area contributed by atoms with Gasteiger partial charge in [0.1, 0.15) is 23.3 Å². The first-order valence-electron chi connectivity index (χ1n) is 7.12. The highest BCUT2D eigenvalue weighted by Crippen LogP contribution is 2.21. The van der Waals surface area contributed by atoms with Crippen LogP contribution in [0.25, 0.3) is 0 Å². The van der Waals surface area contributed by atoms with Gasteiger partial charge in [-0.25, -0.2) is 8.78 Å². The Morgan fingerprint density at radius 2 is 1.90 bits per heavy atom. The molecule has 1 atom stereocenters. The van der Waals surface area contributed by atoms with Crippen LogP contribution in [-0.2, 0) is 20.0 Å². The summed E-state index contributed by atoms with van der Waals surface area (Å²) in [5.74, 6) is 0.848. The van der Waals surface area contributed by atoms with Gasteiger partial charge < -0.3 is 9.88 Å². The third-order valence-corrected chi connectivity index (χ3v) is 3.62. The minimum absolute atomic E-state index is 0.262. The number of nitrogens with zero attached hydrogens (tertiary/aromatic N) is 3. The highest BCUT2D eigenvalue weighted by Gasteiger charge is 2.16. The summed E-state index contributed by atoms with van der Waals surface area (Å²) < 4.78 is 29.0. The summed E-state index contributed by atoms with van der Waals surface area (Å²) in [6.45, 7) is 4.40. The summed E-state index contributed by atoms with van der Waals surface area (Å²) in [5, 5.41) is 11.4. The standard InChI is InChI=1S/C15H20F2N4/c1-4-13(11-8-10(16)6-7-12(11)17)18-9-15-20-19-14(5-2)21(15)3/h6-8,13,18H,4-5,9H2,1-3H3/t13-/m0/s1. The Morgan fingerprint density at radius 3 is 2.52 bits per heavy atom. The van der Waals surface area contributed by atoms with E-state index in [1.807, 2.05) is 25.5 Å². The average molecular weight is 294 g/mol. The molecule has 0 bridgehead atoms. The predicted octanol–water partition coefficient (Wildman–Crippen LogP) is 2.90. The Morgan fingerprint density at radius 1 is 1.19 bits per heavy atom. The fourth-order valence-corrected chi connectivity index (χ4v) is 2.33. The highest BCUT2D eigenvalue weighted by molar-refractivity contribution is 5.22. The third kappa shape index (κ3) is 3.44. The second-order valence-corrected chi connectivity index (χ2v) is 4.95. The van der Waals surface area contributed by atoms with E-state index in [4.69, 9.17) is 0 Å². The van der Waals surface area contributed by atoms with Gasteiger partial charge in [0.05, 0.1) is 6.54 Å². The third-order valence-electron chi connectivity index (χ3n) is 3.62. The Labute approximate surface area is 123 Å². The second kappa shape index (κ2) is 6.76. The van der Waals surface area contributed by atoms with Crippen molar-refractivity contribution < 1.29 is 8.78 Å². The van der Waals surface area contributed by atoms with E-state index in [0.29, 0.717) is 18.5 Å². The highest BCUT2D eigenvalue weighted by atomic mass is 19.1. The summed E-state index contributed by atoms with van der Waals surface area (Å²) in [6.07, 6.45) is 1.46. The lowest BCUT2D eigenvalue weighted by Gasteiger charge is -2.18. The van der Waals surface area contributed by atoms with Gasteiger partial charge in [0.2, 0.25) is 0 Å². The summed E-state index contributed by atoms with van der Waals surface area (Å²) in [5.41, 5.74) is 0.343. The van der Waals surface area contributed by atoms with E-state index in [9.17, 15) is 8.78 Å². The van der Waals surface area contributed by atoms with Crippen molar-refractivity contribution in [2.45, 2.75) is 39.3 Å². The maximum absolute atomic E-state index is 13.8. The molecule has 1 aromatic carbocycles. The topological polar surface area (TPSA) is 42.7 Å². The van der Waals surface area contributed by atoms with E-state index < -0.39 is 11.6 Å². The van der Waals surface area contributed by atoms with E-state index in [0.717, 1.165) is 30.2 Å². The quantitative estimate of drug-likeness (QED) is 0.891. The molecule has 0 saturated heterocycles. The van der Waals surface area contributed by atoms with Gasteiger partial charge in [-0.1, -0.05) is 13.8 Å². The first-order valence-corrected chi connectivity index (χ1v) is 7.12. The number of nitrogens with one attached hydrogen (secondary N) is 1. The van der Waals surface area contributed by atoms with Gasteiger partial charge in [0.15, 0.2) is 0 Å². The van der Waals surface area contributed by atoms with Crippen LogP contribution < -0.4 is 5.32 Å². The molecule has 0 amide bonds. The minimum atomic E-state index is -0.432. The van der Waals surface area contributed by atoms with E-state index in [1.54, 1.807) is 0 Å². The van der Waals surface area contributed by atoms with Gasteiger partial charge in [-0.2, -0.15) is 0 Å². The molecule has 1 N–H and O–H groups in total. The van der Waals surface area contributed by atoms with Crippen LogP contribution in [0.5, 0.6) is 0 Å². The molecule has 0 aliphatic rings.